The lowest BCUT2D eigenvalue weighted by atomic mass is 10.3. The Kier molecular flexibility index (Phi) is 4.88. The van der Waals surface area contributed by atoms with Crippen molar-refractivity contribution >= 4 is 5.97 Å². The van der Waals surface area contributed by atoms with Gasteiger partial charge in [0.25, 0.3) is 0 Å². The van der Waals surface area contributed by atoms with Crippen LogP contribution in [0.4, 0.5) is 0 Å². The molecule has 9 heavy (non-hydrogen) atoms. The van der Waals surface area contributed by atoms with Gasteiger partial charge in [0, 0.05) is 6.42 Å². The molecule has 0 aromatic heterocycles. The Bertz CT molecular complexity index is 105. The molecule has 0 amide bonds. The van der Waals surface area contributed by atoms with Gasteiger partial charge < -0.3 is 4.74 Å². The maximum absolute atomic E-state index is 10.5. The third-order valence-corrected chi connectivity index (χ3v) is 0.790. The van der Waals surface area contributed by atoms with Crippen molar-refractivity contribution in [2.75, 3.05) is 0 Å². The van der Waals surface area contributed by atoms with Crippen LogP contribution in [0.15, 0.2) is 12.3 Å². The molecule has 0 aliphatic heterocycles. The summed E-state index contributed by atoms with van der Waals surface area (Å²) in [5.41, 5.74) is 0. The predicted molar refractivity (Wildman–Crippen MR) is 35.8 cm³/mol. The summed E-state index contributed by atoms with van der Waals surface area (Å²) >= 11 is 0. The molecule has 0 atom stereocenters. The second-order valence-electron chi connectivity index (χ2n) is 1.71. The number of rotatable bonds is 3. The summed E-state index contributed by atoms with van der Waals surface area (Å²) in [6.45, 7) is 3.75. The molecule has 0 radical (unpaired) electrons. The van der Waals surface area contributed by atoms with Gasteiger partial charge in [0.2, 0.25) is 0 Å². The monoisotopic (exact) mass is 128 g/mol. The van der Waals surface area contributed by atoms with Gasteiger partial charge in [-0.3, -0.25) is 4.79 Å². The van der Waals surface area contributed by atoms with E-state index in [0.29, 0.717) is 6.42 Å². The molecule has 2 nitrogen and oxygen atoms in total. The molecule has 0 N–H and O–H groups in total. The molecular weight excluding hydrogens is 116 g/mol. The fourth-order valence-corrected chi connectivity index (χ4v) is 0.407. The zero-order chi connectivity index (χ0) is 7.11. The molecule has 0 spiro atoms. The van der Waals surface area contributed by atoms with E-state index in [1.54, 1.807) is 13.0 Å². The van der Waals surface area contributed by atoms with Crippen molar-refractivity contribution < 1.29 is 9.53 Å². The Morgan fingerprint density at radius 3 is 2.78 bits per heavy atom. The second kappa shape index (κ2) is 5.35. The van der Waals surface area contributed by atoms with Crippen LogP contribution < -0.4 is 0 Å². The van der Waals surface area contributed by atoms with Crippen molar-refractivity contribution in [1.82, 2.24) is 0 Å². The molecule has 0 fully saturated rings. The molecule has 0 saturated carbocycles. The number of carbonyl (C=O) groups is 1. The minimum absolute atomic E-state index is 0.157. The summed E-state index contributed by atoms with van der Waals surface area (Å²) in [4.78, 5) is 10.5. The minimum atomic E-state index is -0.157. The smallest absolute Gasteiger partial charge is 0.310 e. The molecule has 2 heteroatoms. The van der Waals surface area contributed by atoms with Crippen LogP contribution in [-0.4, -0.2) is 5.97 Å². The minimum Gasteiger partial charge on any atom is -0.435 e. The third kappa shape index (κ3) is 5.07. The fourth-order valence-electron chi connectivity index (χ4n) is 0.407. The first-order valence-corrected chi connectivity index (χ1v) is 3.12. The predicted octanol–water partition coefficient (Wildman–Crippen LogP) is 1.86. The maximum Gasteiger partial charge on any atom is 0.310 e. The normalized spacial score (nSPS) is 10.0. The van der Waals surface area contributed by atoms with Crippen molar-refractivity contribution in [3.8, 4) is 0 Å². The van der Waals surface area contributed by atoms with Gasteiger partial charge in [-0.2, -0.15) is 0 Å². The highest BCUT2D eigenvalue weighted by Crippen LogP contribution is 1.90. The highest BCUT2D eigenvalue weighted by Gasteiger charge is 1.94. The van der Waals surface area contributed by atoms with Crippen molar-refractivity contribution in [2.45, 2.75) is 26.7 Å². The Morgan fingerprint density at radius 2 is 2.33 bits per heavy atom. The topological polar surface area (TPSA) is 26.3 Å². The van der Waals surface area contributed by atoms with Crippen LogP contribution in [0.3, 0.4) is 0 Å². The molecular formula is C7H12O2. The van der Waals surface area contributed by atoms with Gasteiger partial charge in [0.15, 0.2) is 0 Å². The molecule has 0 aromatic rings. The Morgan fingerprint density at radius 1 is 1.67 bits per heavy atom. The highest BCUT2D eigenvalue weighted by atomic mass is 16.5. The summed E-state index contributed by atoms with van der Waals surface area (Å²) in [7, 11) is 0. The molecule has 0 saturated heterocycles. The lowest BCUT2D eigenvalue weighted by Gasteiger charge is -1.93. The average molecular weight is 128 g/mol. The quantitative estimate of drug-likeness (QED) is 0.428. The number of allylic oxidation sites excluding steroid dienone is 1. The first kappa shape index (κ1) is 8.21. The summed E-state index contributed by atoms with van der Waals surface area (Å²) in [5, 5.41) is 0. The van der Waals surface area contributed by atoms with Crippen molar-refractivity contribution in [3.63, 3.8) is 0 Å². The van der Waals surface area contributed by atoms with Crippen LogP contribution in [0.25, 0.3) is 0 Å². The SMILES string of the molecule is C/C=C\OC(=O)CCC. The lowest BCUT2D eigenvalue weighted by Crippen LogP contribution is -1.96. The number of ether oxygens (including phenoxy) is 1. The van der Waals surface area contributed by atoms with Crippen LogP contribution in [-0.2, 0) is 9.53 Å². The summed E-state index contributed by atoms with van der Waals surface area (Å²) in [6, 6.07) is 0. The van der Waals surface area contributed by atoms with E-state index in [1.165, 1.54) is 6.26 Å². The van der Waals surface area contributed by atoms with Crippen molar-refractivity contribution in [2.24, 2.45) is 0 Å². The van der Waals surface area contributed by atoms with Gasteiger partial charge in [-0.25, -0.2) is 0 Å². The largest absolute Gasteiger partial charge is 0.435 e. The Balaban J connectivity index is 3.27. The van der Waals surface area contributed by atoms with E-state index in [-0.39, 0.29) is 5.97 Å². The third-order valence-electron chi connectivity index (χ3n) is 0.790. The first-order chi connectivity index (χ1) is 4.31. The molecule has 0 heterocycles. The highest BCUT2D eigenvalue weighted by molar-refractivity contribution is 5.69. The van der Waals surface area contributed by atoms with Crippen LogP contribution in [0.1, 0.15) is 26.7 Å². The first-order valence-electron chi connectivity index (χ1n) is 3.12. The number of hydrogen-bond acceptors (Lipinski definition) is 2. The van der Waals surface area contributed by atoms with E-state index in [4.69, 9.17) is 0 Å². The van der Waals surface area contributed by atoms with Crippen molar-refractivity contribution in [1.29, 1.82) is 0 Å². The van der Waals surface area contributed by atoms with E-state index in [2.05, 4.69) is 4.74 Å². The average Bonchev–Trinajstić information content (AvgIpc) is 1.85. The van der Waals surface area contributed by atoms with Gasteiger partial charge >= 0.3 is 5.97 Å². The van der Waals surface area contributed by atoms with Gasteiger partial charge in [0.05, 0.1) is 6.26 Å². The fraction of sp³-hybridized carbons (Fsp3) is 0.571. The van der Waals surface area contributed by atoms with E-state index in [9.17, 15) is 4.79 Å². The summed E-state index contributed by atoms with van der Waals surface area (Å²) < 4.78 is 4.61. The molecule has 0 bridgehead atoms. The van der Waals surface area contributed by atoms with Gasteiger partial charge in [0.1, 0.15) is 0 Å². The zero-order valence-electron chi connectivity index (χ0n) is 5.89. The maximum atomic E-state index is 10.5. The van der Waals surface area contributed by atoms with E-state index in [0.717, 1.165) is 6.42 Å². The van der Waals surface area contributed by atoms with Crippen molar-refractivity contribution in [3.05, 3.63) is 12.3 Å². The van der Waals surface area contributed by atoms with Gasteiger partial charge in [-0.1, -0.05) is 13.0 Å². The van der Waals surface area contributed by atoms with E-state index >= 15 is 0 Å². The zero-order valence-corrected chi connectivity index (χ0v) is 5.89. The van der Waals surface area contributed by atoms with Crippen LogP contribution in [0.2, 0.25) is 0 Å². The lowest BCUT2D eigenvalue weighted by molar-refractivity contribution is -0.138. The van der Waals surface area contributed by atoms with Gasteiger partial charge in [-0.15, -0.1) is 0 Å². The number of carbonyl (C=O) groups excluding carboxylic acids is 1. The number of hydrogen-bond donors (Lipinski definition) is 0. The Hall–Kier alpha value is -0.790. The summed E-state index contributed by atoms with van der Waals surface area (Å²) in [6.07, 6.45) is 4.44. The molecule has 0 unspecified atom stereocenters. The van der Waals surface area contributed by atoms with Gasteiger partial charge in [-0.05, 0) is 13.3 Å². The van der Waals surface area contributed by atoms with Crippen LogP contribution >= 0.6 is 0 Å². The summed E-state index contributed by atoms with van der Waals surface area (Å²) in [5.74, 6) is -0.157. The number of esters is 1. The standard InChI is InChI=1S/C7H12O2/c1-3-5-7(8)9-6-4-2/h4,6H,3,5H2,1-2H3/b6-4-. The van der Waals surface area contributed by atoms with Crippen LogP contribution in [0.5, 0.6) is 0 Å². The molecule has 0 aliphatic carbocycles. The van der Waals surface area contributed by atoms with E-state index < -0.39 is 0 Å². The molecule has 0 aliphatic rings. The molecule has 52 valence electrons. The second-order valence-corrected chi connectivity index (χ2v) is 1.71. The Labute approximate surface area is 55.5 Å². The molecule has 0 aromatic carbocycles. The van der Waals surface area contributed by atoms with Crippen LogP contribution in [0, 0.1) is 0 Å². The molecule has 0 rings (SSSR count). The van der Waals surface area contributed by atoms with E-state index in [1.807, 2.05) is 6.92 Å².